The third-order valence-corrected chi connectivity index (χ3v) is 8.06. The molecule has 1 unspecified atom stereocenters. The topological polar surface area (TPSA) is 50.3 Å². The monoisotopic (exact) mass is 506 g/mol. The van der Waals surface area contributed by atoms with Crippen molar-refractivity contribution in [1.82, 2.24) is 15.1 Å². The Hall–Kier alpha value is -2.26. The summed E-state index contributed by atoms with van der Waals surface area (Å²) >= 11 is 0. The van der Waals surface area contributed by atoms with Gasteiger partial charge in [0.2, 0.25) is 0 Å². The van der Waals surface area contributed by atoms with E-state index in [2.05, 4.69) is 20.4 Å². The summed E-state index contributed by atoms with van der Waals surface area (Å²) in [5, 5.41) is 11.0. The highest BCUT2D eigenvalue weighted by atomic mass is 19.4. The van der Waals surface area contributed by atoms with Crippen LogP contribution in [-0.2, 0) is 10.9 Å². The molecule has 1 aliphatic carbocycles. The molecule has 1 saturated carbocycles. The Morgan fingerprint density at radius 1 is 1.06 bits per heavy atom. The molecule has 0 spiro atoms. The molecule has 2 aliphatic heterocycles. The second-order valence-electron chi connectivity index (χ2n) is 11.0. The number of ether oxygens (including phenoxy) is 1. The van der Waals surface area contributed by atoms with Gasteiger partial charge >= 0.3 is 6.18 Å². The number of alkyl halides is 3. The lowest BCUT2D eigenvalue weighted by Gasteiger charge is -2.28. The number of nitrogens with one attached hydrogen (secondary N) is 1. The molecule has 0 radical (unpaired) electrons. The number of rotatable bonds is 6. The molecule has 2 aromatic rings. The molecule has 1 aromatic heterocycles. The standard InChI is InChI=1S/C27H34F4N4O/c1-16(2)18-3-4-24(28)22(11-18)25-12-23(27(29,30)31)26(34-33-25)32-21-9-19-14-35(15-20(19)10-21)13-17-5-7-36-8-6-17/h3-4,11-12,16-17,19-21H,5-10,13-15H2,1-2H3,(H,32,34)/t19-,20+,21?. The number of hydrogen-bond acceptors (Lipinski definition) is 5. The zero-order chi connectivity index (χ0) is 25.4. The number of anilines is 1. The van der Waals surface area contributed by atoms with Crippen molar-refractivity contribution in [3.05, 3.63) is 41.2 Å². The van der Waals surface area contributed by atoms with Gasteiger partial charge in [0, 0.05) is 44.5 Å². The lowest BCUT2D eigenvalue weighted by atomic mass is 9.98. The lowest BCUT2D eigenvalue weighted by molar-refractivity contribution is -0.137. The predicted molar refractivity (Wildman–Crippen MR) is 130 cm³/mol. The molecule has 2 saturated heterocycles. The first kappa shape index (κ1) is 25.4. The largest absolute Gasteiger partial charge is 0.420 e. The van der Waals surface area contributed by atoms with Crippen LogP contribution in [0.4, 0.5) is 23.4 Å². The summed E-state index contributed by atoms with van der Waals surface area (Å²) in [6.07, 6.45) is -0.775. The first-order chi connectivity index (χ1) is 17.2. The van der Waals surface area contributed by atoms with E-state index >= 15 is 0 Å². The Labute approximate surface area is 209 Å². The van der Waals surface area contributed by atoms with Gasteiger partial charge in [0.1, 0.15) is 11.4 Å². The summed E-state index contributed by atoms with van der Waals surface area (Å²) in [6, 6.07) is 5.31. The maximum absolute atomic E-state index is 14.5. The van der Waals surface area contributed by atoms with E-state index < -0.39 is 17.6 Å². The second kappa shape index (κ2) is 10.2. The molecule has 3 atom stereocenters. The third-order valence-electron chi connectivity index (χ3n) is 8.06. The number of benzene rings is 1. The highest BCUT2D eigenvalue weighted by Crippen LogP contribution is 2.42. The zero-order valence-electron chi connectivity index (χ0n) is 20.8. The molecule has 36 heavy (non-hydrogen) atoms. The number of halogens is 4. The van der Waals surface area contributed by atoms with Crippen LogP contribution in [0.3, 0.4) is 0 Å². The Morgan fingerprint density at radius 3 is 2.39 bits per heavy atom. The number of aromatic nitrogens is 2. The molecular weight excluding hydrogens is 472 g/mol. The van der Waals surface area contributed by atoms with Gasteiger partial charge in [0.15, 0.2) is 5.82 Å². The predicted octanol–water partition coefficient (Wildman–Crippen LogP) is 5.97. The van der Waals surface area contributed by atoms with Crippen LogP contribution < -0.4 is 5.32 Å². The fraction of sp³-hybridized carbons (Fsp3) is 0.630. The maximum Gasteiger partial charge on any atom is 0.420 e. The van der Waals surface area contributed by atoms with Crippen LogP contribution in [0.25, 0.3) is 11.3 Å². The molecule has 0 amide bonds. The molecule has 1 aromatic carbocycles. The van der Waals surface area contributed by atoms with Crippen LogP contribution in [0.1, 0.15) is 56.6 Å². The SMILES string of the molecule is CC(C)c1ccc(F)c(-c2cc(C(F)(F)F)c(NC3C[C@@H]4CN(CC5CCOCC5)C[C@@H]4C3)nn2)c1. The van der Waals surface area contributed by atoms with Gasteiger partial charge in [-0.25, -0.2) is 4.39 Å². The van der Waals surface area contributed by atoms with Crippen LogP contribution in [0, 0.1) is 23.6 Å². The number of nitrogens with zero attached hydrogens (tertiary/aromatic N) is 3. The first-order valence-corrected chi connectivity index (χ1v) is 13.0. The average Bonchev–Trinajstić information content (AvgIpc) is 3.37. The van der Waals surface area contributed by atoms with Crippen molar-refractivity contribution in [2.45, 2.75) is 57.7 Å². The molecular formula is C27H34F4N4O. The zero-order valence-corrected chi connectivity index (χ0v) is 20.8. The second-order valence-corrected chi connectivity index (χ2v) is 11.0. The van der Waals surface area contributed by atoms with Crippen molar-refractivity contribution in [2.24, 2.45) is 17.8 Å². The van der Waals surface area contributed by atoms with E-state index in [1.165, 1.54) is 6.07 Å². The Kier molecular flexibility index (Phi) is 7.23. The van der Waals surface area contributed by atoms with Crippen LogP contribution in [0.15, 0.2) is 24.3 Å². The Morgan fingerprint density at radius 2 is 1.75 bits per heavy atom. The normalized spacial score (nSPS) is 25.5. The van der Waals surface area contributed by atoms with Gasteiger partial charge in [-0.15, -0.1) is 10.2 Å². The molecule has 3 fully saturated rings. The minimum absolute atomic E-state index is 0.0331. The third kappa shape index (κ3) is 5.52. The van der Waals surface area contributed by atoms with E-state index in [-0.39, 0.29) is 29.0 Å². The number of fused-ring (bicyclic) bond motifs is 1. The van der Waals surface area contributed by atoms with E-state index in [9.17, 15) is 17.6 Å². The lowest BCUT2D eigenvalue weighted by Crippen LogP contribution is -2.32. The molecule has 3 aliphatic rings. The molecule has 5 rings (SSSR count). The van der Waals surface area contributed by atoms with Gasteiger partial charge in [-0.2, -0.15) is 13.2 Å². The van der Waals surface area contributed by atoms with E-state index in [1.807, 2.05) is 13.8 Å². The number of hydrogen-bond donors (Lipinski definition) is 1. The fourth-order valence-corrected chi connectivity index (χ4v) is 6.10. The van der Waals surface area contributed by atoms with Crippen LogP contribution in [0.2, 0.25) is 0 Å². The van der Waals surface area contributed by atoms with Gasteiger partial charge < -0.3 is 15.0 Å². The molecule has 3 heterocycles. The van der Waals surface area contributed by atoms with Crippen molar-refractivity contribution < 1.29 is 22.3 Å². The van der Waals surface area contributed by atoms with Gasteiger partial charge in [-0.3, -0.25) is 0 Å². The maximum atomic E-state index is 14.5. The van der Waals surface area contributed by atoms with E-state index in [0.717, 1.165) is 70.2 Å². The van der Waals surface area contributed by atoms with E-state index in [1.54, 1.807) is 12.1 Å². The highest BCUT2D eigenvalue weighted by molar-refractivity contribution is 5.64. The summed E-state index contributed by atoms with van der Waals surface area (Å²) < 4.78 is 62.0. The summed E-state index contributed by atoms with van der Waals surface area (Å²) in [5.74, 6) is 0.871. The molecule has 1 N–H and O–H groups in total. The quantitative estimate of drug-likeness (QED) is 0.489. The average molecular weight is 507 g/mol. The van der Waals surface area contributed by atoms with Crippen molar-refractivity contribution >= 4 is 5.82 Å². The van der Waals surface area contributed by atoms with Gasteiger partial charge in [0.25, 0.3) is 0 Å². The Bertz CT molecular complexity index is 1060. The van der Waals surface area contributed by atoms with E-state index in [4.69, 9.17) is 4.74 Å². The summed E-state index contributed by atoms with van der Waals surface area (Å²) in [6.45, 7) is 8.66. The van der Waals surface area contributed by atoms with Crippen molar-refractivity contribution in [2.75, 3.05) is 38.2 Å². The van der Waals surface area contributed by atoms with Crippen molar-refractivity contribution in [3.8, 4) is 11.3 Å². The van der Waals surface area contributed by atoms with Gasteiger partial charge in [0.05, 0.1) is 5.69 Å². The van der Waals surface area contributed by atoms with E-state index in [0.29, 0.717) is 17.8 Å². The Balaban J connectivity index is 1.28. The first-order valence-electron chi connectivity index (χ1n) is 13.0. The summed E-state index contributed by atoms with van der Waals surface area (Å²) in [7, 11) is 0. The minimum atomic E-state index is -4.63. The molecule has 0 bridgehead atoms. The minimum Gasteiger partial charge on any atom is -0.381 e. The van der Waals surface area contributed by atoms with Crippen LogP contribution >= 0.6 is 0 Å². The van der Waals surface area contributed by atoms with Crippen LogP contribution in [0.5, 0.6) is 0 Å². The number of likely N-dealkylation sites (tertiary alicyclic amines) is 1. The molecule has 5 nitrogen and oxygen atoms in total. The molecule has 9 heteroatoms. The molecule has 196 valence electrons. The van der Waals surface area contributed by atoms with Gasteiger partial charge in [-0.05, 0) is 73.1 Å². The van der Waals surface area contributed by atoms with Crippen molar-refractivity contribution in [3.63, 3.8) is 0 Å². The van der Waals surface area contributed by atoms with Crippen LogP contribution in [-0.4, -0.2) is 54.0 Å². The fourth-order valence-electron chi connectivity index (χ4n) is 6.10. The smallest absolute Gasteiger partial charge is 0.381 e. The summed E-state index contributed by atoms with van der Waals surface area (Å²) in [4.78, 5) is 2.52. The highest BCUT2D eigenvalue weighted by Gasteiger charge is 2.43. The van der Waals surface area contributed by atoms with Gasteiger partial charge in [-0.1, -0.05) is 19.9 Å². The van der Waals surface area contributed by atoms with Crippen molar-refractivity contribution in [1.29, 1.82) is 0 Å². The summed E-state index contributed by atoms with van der Waals surface area (Å²) in [5.41, 5.74) is -0.155.